The number of nitrogens with one attached hydrogen (secondary N) is 1. The summed E-state index contributed by atoms with van der Waals surface area (Å²) in [5.41, 5.74) is 2.00. The molecule has 1 aromatic rings. The van der Waals surface area contributed by atoms with Crippen LogP contribution in [0.15, 0.2) is 18.5 Å². The number of hydrogen-bond donors (Lipinski definition) is 2. The number of aliphatic hydroxyl groups excluding tert-OH is 1. The smallest absolute Gasteiger partial charge is 0.0931 e. The summed E-state index contributed by atoms with van der Waals surface area (Å²) in [5.74, 6) is 0. The molecule has 1 atom stereocenters. The van der Waals surface area contributed by atoms with Gasteiger partial charge in [-0.3, -0.25) is 4.98 Å². The molecule has 1 heterocycles. The van der Waals surface area contributed by atoms with Gasteiger partial charge in [0.05, 0.1) is 6.10 Å². The third kappa shape index (κ3) is 3.98. The first-order chi connectivity index (χ1) is 6.90. The van der Waals surface area contributed by atoms with E-state index in [-0.39, 0.29) is 5.54 Å². The minimum atomic E-state index is -0.488. The van der Waals surface area contributed by atoms with Gasteiger partial charge in [0.25, 0.3) is 0 Å². The molecule has 1 rings (SSSR count). The second-order valence-corrected chi connectivity index (χ2v) is 4.88. The molecule has 0 amide bonds. The summed E-state index contributed by atoms with van der Waals surface area (Å²) < 4.78 is 0. The minimum absolute atomic E-state index is 0.0249. The van der Waals surface area contributed by atoms with E-state index in [1.54, 1.807) is 12.4 Å². The number of nitrogens with zero attached hydrogens (tertiary/aromatic N) is 1. The van der Waals surface area contributed by atoms with Crippen molar-refractivity contribution >= 4 is 0 Å². The Hall–Kier alpha value is -0.930. The highest BCUT2D eigenvalue weighted by molar-refractivity contribution is 5.23. The molecule has 0 radical (unpaired) electrons. The second kappa shape index (κ2) is 4.73. The fourth-order valence-electron chi connectivity index (χ4n) is 1.34. The number of hydrogen-bond acceptors (Lipinski definition) is 3. The number of aliphatic hydroxyl groups is 1. The van der Waals surface area contributed by atoms with Crippen molar-refractivity contribution in [3.8, 4) is 0 Å². The fourth-order valence-corrected chi connectivity index (χ4v) is 1.34. The van der Waals surface area contributed by atoms with Crippen LogP contribution >= 0.6 is 0 Å². The van der Waals surface area contributed by atoms with Crippen LogP contribution in [0.4, 0.5) is 0 Å². The Bertz CT molecular complexity index is 318. The van der Waals surface area contributed by atoms with Crippen molar-refractivity contribution in [2.24, 2.45) is 0 Å². The van der Waals surface area contributed by atoms with Gasteiger partial charge in [-0.2, -0.15) is 0 Å². The Kier molecular flexibility index (Phi) is 3.83. The zero-order chi connectivity index (χ0) is 11.5. The summed E-state index contributed by atoms with van der Waals surface area (Å²) in [4.78, 5) is 4.02. The average molecular weight is 208 g/mol. The van der Waals surface area contributed by atoms with Crippen LogP contribution in [0.25, 0.3) is 0 Å². The van der Waals surface area contributed by atoms with E-state index in [4.69, 9.17) is 0 Å². The van der Waals surface area contributed by atoms with Gasteiger partial charge < -0.3 is 10.4 Å². The van der Waals surface area contributed by atoms with Gasteiger partial charge in [0, 0.05) is 30.0 Å². The van der Waals surface area contributed by atoms with Gasteiger partial charge in [0.1, 0.15) is 0 Å². The monoisotopic (exact) mass is 208 g/mol. The molecule has 0 spiro atoms. The van der Waals surface area contributed by atoms with Gasteiger partial charge >= 0.3 is 0 Å². The van der Waals surface area contributed by atoms with Crippen LogP contribution in [0.5, 0.6) is 0 Å². The Morgan fingerprint density at radius 3 is 2.67 bits per heavy atom. The second-order valence-electron chi connectivity index (χ2n) is 4.88. The molecule has 0 saturated heterocycles. The van der Waals surface area contributed by atoms with E-state index < -0.39 is 6.10 Å². The number of pyridine rings is 1. The standard InChI is InChI=1S/C12H20N2O/c1-9-5-6-13-7-10(9)11(15)8-14-12(2,3)4/h5-7,11,14-15H,8H2,1-4H3. The van der Waals surface area contributed by atoms with Crippen molar-refractivity contribution in [3.63, 3.8) is 0 Å². The van der Waals surface area contributed by atoms with Crippen LogP contribution in [0, 0.1) is 6.92 Å². The van der Waals surface area contributed by atoms with Crippen LogP contribution in [0.1, 0.15) is 38.0 Å². The molecule has 0 aliphatic rings. The SMILES string of the molecule is Cc1ccncc1C(O)CNC(C)(C)C. The first kappa shape index (κ1) is 12.1. The van der Waals surface area contributed by atoms with Gasteiger partial charge in [0.15, 0.2) is 0 Å². The minimum Gasteiger partial charge on any atom is -0.387 e. The molecule has 84 valence electrons. The molecule has 0 aliphatic carbocycles. The summed E-state index contributed by atoms with van der Waals surface area (Å²) in [5, 5.41) is 13.2. The van der Waals surface area contributed by atoms with E-state index in [0.717, 1.165) is 11.1 Å². The summed E-state index contributed by atoms with van der Waals surface area (Å²) in [6.45, 7) is 8.77. The Balaban J connectivity index is 2.62. The maximum Gasteiger partial charge on any atom is 0.0931 e. The average Bonchev–Trinajstić information content (AvgIpc) is 2.14. The molecule has 3 heteroatoms. The summed E-state index contributed by atoms with van der Waals surface area (Å²) in [6, 6.07) is 1.91. The van der Waals surface area contributed by atoms with Gasteiger partial charge in [-0.15, -0.1) is 0 Å². The van der Waals surface area contributed by atoms with E-state index >= 15 is 0 Å². The molecule has 3 nitrogen and oxygen atoms in total. The summed E-state index contributed by atoms with van der Waals surface area (Å²) in [6.07, 6.45) is 2.98. The topological polar surface area (TPSA) is 45.2 Å². The van der Waals surface area contributed by atoms with Crippen LogP contribution in [0.3, 0.4) is 0 Å². The molecule has 0 saturated carbocycles. The maximum absolute atomic E-state index is 9.96. The predicted molar refractivity (Wildman–Crippen MR) is 61.7 cm³/mol. The molecule has 0 aliphatic heterocycles. The van der Waals surface area contributed by atoms with E-state index in [0.29, 0.717) is 6.54 Å². The van der Waals surface area contributed by atoms with Crippen molar-refractivity contribution in [1.29, 1.82) is 0 Å². The van der Waals surface area contributed by atoms with Gasteiger partial charge in [0.2, 0.25) is 0 Å². The number of rotatable bonds is 3. The van der Waals surface area contributed by atoms with Crippen molar-refractivity contribution in [3.05, 3.63) is 29.6 Å². The van der Waals surface area contributed by atoms with Crippen LogP contribution in [-0.2, 0) is 0 Å². The van der Waals surface area contributed by atoms with Gasteiger partial charge in [-0.05, 0) is 39.3 Å². The third-order valence-electron chi connectivity index (χ3n) is 2.26. The zero-order valence-electron chi connectivity index (χ0n) is 9.91. The van der Waals surface area contributed by atoms with Crippen LogP contribution in [0.2, 0.25) is 0 Å². The van der Waals surface area contributed by atoms with Crippen molar-refractivity contribution in [2.75, 3.05) is 6.54 Å². The largest absolute Gasteiger partial charge is 0.387 e. The highest BCUT2D eigenvalue weighted by atomic mass is 16.3. The van der Waals surface area contributed by atoms with Crippen LogP contribution < -0.4 is 5.32 Å². The van der Waals surface area contributed by atoms with E-state index in [2.05, 4.69) is 31.1 Å². The summed E-state index contributed by atoms with van der Waals surface area (Å²) in [7, 11) is 0. The molecule has 0 aromatic carbocycles. The lowest BCUT2D eigenvalue weighted by Crippen LogP contribution is -2.38. The van der Waals surface area contributed by atoms with Crippen molar-refractivity contribution in [2.45, 2.75) is 39.3 Å². The van der Waals surface area contributed by atoms with E-state index in [9.17, 15) is 5.11 Å². The molecular formula is C12H20N2O. The quantitative estimate of drug-likeness (QED) is 0.796. The first-order valence-corrected chi connectivity index (χ1v) is 5.24. The lowest BCUT2D eigenvalue weighted by molar-refractivity contribution is 0.162. The highest BCUT2D eigenvalue weighted by Gasteiger charge is 2.14. The third-order valence-corrected chi connectivity index (χ3v) is 2.26. The first-order valence-electron chi connectivity index (χ1n) is 5.24. The number of β-amino-alcohol motifs (C(OH)–C–C–N with tert-alkyl or cyclic N) is 1. The van der Waals surface area contributed by atoms with E-state index in [1.165, 1.54) is 0 Å². The Morgan fingerprint density at radius 2 is 2.13 bits per heavy atom. The van der Waals surface area contributed by atoms with Gasteiger partial charge in [-0.1, -0.05) is 0 Å². The lowest BCUT2D eigenvalue weighted by atomic mass is 10.0. The highest BCUT2D eigenvalue weighted by Crippen LogP contribution is 2.15. The summed E-state index contributed by atoms with van der Waals surface area (Å²) >= 11 is 0. The predicted octanol–water partition coefficient (Wildman–Crippen LogP) is 1.81. The van der Waals surface area contributed by atoms with Crippen molar-refractivity contribution in [1.82, 2.24) is 10.3 Å². The molecule has 1 unspecified atom stereocenters. The number of aryl methyl sites for hydroxylation is 1. The molecular weight excluding hydrogens is 188 g/mol. The van der Waals surface area contributed by atoms with E-state index in [1.807, 2.05) is 13.0 Å². The van der Waals surface area contributed by atoms with Gasteiger partial charge in [-0.25, -0.2) is 0 Å². The molecule has 15 heavy (non-hydrogen) atoms. The number of aromatic nitrogens is 1. The lowest BCUT2D eigenvalue weighted by Gasteiger charge is -2.23. The Morgan fingerprint density at radius 1 is 1.47 bits per heavy atom. The Labute approximate surface area is 91.5 Å². The van der Waals surface area contributed by atoms with Crippen molar-refractivity contribution < 1.29 is 5.11 Å². The maximum atomic E-state index is 9.96. The molecule has 0 bridgehead atoms. The molecule has 1 aromatic heterocycles. The molecule has 0 fully saturated rings. The van der Waals surface area contributed by atoms with Crippen LogP contribution in [-0.4, -0.2) is 22.2 Å². The fraction of sp³-hybridized carbons (Fsp3) is 0.583. The normalized spacial score (nSPS) is 13.9. The zero-order valence-corrected chi connectivity index (χ0v) is 9.91. The molecule has 2 N–H and O–H groups in total.